The van der Waals surface area contributed by atoms with Crippen LogP contribution in [0.5, 0.6) is 0 Å². The molecule has 0 fully saturated rings. The minimum atomic E-state index is -0.0779. The monoisotopic (exact) mass is 196 g/mol. The van der Waals surface area contributed by atoms with Crippen molar-refractivity contribution < 1.29 is 0 Å². The molecule has 1 heterocycles. The Bertz CT molecular complexity index is 283. The van der Waals surface area contributed by atoms with Gasteiger partial charge in [-0.25, -0.2) is 4.98 Å². The average Bonchev–Trinajstić information content (AvgIpc) is 2.47. The first kappa shape index (κ1) is 11.2. The zero-order chi connectivity index (χ0) is 10.8. The maximum Gasteiger partial charge on any atom is 0.166 e. The predicted molar refractivity (Wildman–Crippen MR) is 56.7 cm³/mol. The topological polar surface area (TPSA) is 56.7 Å². The third kappa shape index (κ3) is 3.46. The molecular weight excluding hydrogens is 176 g/mol. The number of nitrogens with two attached hydrogens (primary N) is 1. The highest BCUT2D eigenvalue weighted by molar-refractivity contribution is 4.87. The second kappa shape index (κ2) is 4.09. The van der Waals surface area contributed by atoms with E-state index < -0.39 is 0 Å². The van der Waals surface area contributed by atoms with Crippen LogP contribution in [0.1, 0.15) is 46.0 Å². The lowest BCUT2D eigenvalue weighted by Gasteiger charge is -2.17. The van der Waals surface area contributed by atoms with E-state index >= 15 is 0 Å². The van der Waals surface area contributed by atoms with Crippen molar-refractivity contribution in [1.82, 2.24) is 14.8 Å². The van der Waals surface area contributed by atoms with E-state index in [9.17, 15) is 0 Å². The Morgan fingerprint density at radius 3 is 2.57 bits per heavy atom. The van der Waals surface area contributed by atoms with Gasteiger partial charge in [-0.2, -0.15) is 5.10 Å². The molecule has 1 aromatic rings. The normalized spacial score (nSPS) is 14.4. The van der Waals surface area contributed by atoms with Gasteiger partial charge in [0.1, 0.15) is 6.33 Å². The summed E-state index contributed by atoms with van der Waals surface area (Å²) in [4.78, 5) is 4.14. The van der Waals surface area contributed by atoms with Gasteiger partial charge in [0.15, 0.2) is 5.82 Å². The quantitative estimate of drug-likeness (QED) is 0.801. The molecule has 0 amide bonds. The lowest BCUT2D eigenvalue weighted by molar-refractivity contribution is 0.340. The second-order valence-corrected chi connectivity index (χ2v) is 4.97. The van der Waals surface area contributed by atoms with E-state index in [0.717, 1.165) is 18.8 Å². The van der Waals surface area contributed by atoms with Gasteiger partial charge in [0.2, 0.25) is 0 Å². The minimum Gasteiger partial charge on any atom is -0.321 e. The third-order valence-corrected chi connectivity index (χ3v) is 2.05. The van der Waals surface area contributed by atoms with E-state index in [1.807, 2.05) is 11.6 Å². The van der Waals surface area contributed by atoms with E-state index in [0.29, 0.717) is 5.41 Å². The van der Waals surface area contributed by atoms with Crippen LogP contribution in [0.2, 0.25) is 0 Å². The number of aryl methyl sites for hydroxylation is 1. The summed E-state index contributed by atoms with van der Waals surface area (Å²) in [6.45, 7) is 9.45. The molecule has 2 N–H and O–H groups in total. The van der Waals surface area contributed by atoms with E-state index in [2.05, 4.69) is 30.9 Å². The van der Waals surface area contributed by atoms with Crippen LogP contribution in [0.3, 0.4) is 0 Å². The minimum absolute atomic E-state index is 0.0779. The van der Waals surface area contributed by atoms with E-state index in [-0.39, 0.29) is 6.04 Å². The smallest absolute Gasteiger partial charge is 0.166 e. The molecule has 1 unspecified atom stereocenters. The van der Waals surface area contributed by atoms with Crippen LogP contribution in [-0.4, -0.2) is 14.8 Å². The maximum atomic E-state index is 5.67. The van der Waals surface area contributed by atoms with Crippen molar-refractivity contribution in [2.75, 3.05) is 0 Å². The number of nitrogens with zero attached hydrogens (tertiary/aromatic N) is 3. The highest BCUT2D eigenvalue weighted by Crippen LogP contribution is 2.18. The molecule has 0 aliphatic rings. The van der Waals surface area contributed by atoms with Gasteiger partial charge in [-0.3, -0.25) is 4.68 Å². The molecule has 0 saturated heterocycles. The Morgan fingerprint density at radius 2 is 2.14 bits per heavy atom. The van der Waals surface area contributed by atoms with Crippen molar-refractivity contribution in [3.8, 4) is 0 Å². The molecule has 1 rings (SSSR count). The van der Waals surface area contributed by atoms with Gasteiger partial charge in [-0.15, -0.1) is 0 Å². The first-order valence-corrected chi connectivity index (χ1v) is 5.03. The van der Waals surface area contributed by atoms with Crippen LogP contribution in [0.4, 0.5) is 0 Å². The van der Waals surface area contributed by atoms with Crippen molar-refractivity contribution in [3.05, 3.63) is 12.2 Å². The number of aromatic nitrogens is 3. The van der Waals surface area contributed by atoms with E-state index in [1.54, 1.807) is 6.33 Å². The Kier molecular flexibility index (Phi) is 3.26. The Balaban J connectivity index is 2.52. The summed E-state index contributed by atoms with van der Waals surface area (Å²) < 4.78 is 1.87. The molecule has 0 spiro atoms. The molecular formula is C10H20N4. The van der Waals surface area contributed by atoms with E-state index in [1.165, 1.54) is 0 Å². The summed E-state index contributed by atoms with van der Waals surface area (Å²) in [5, 5.41) is 4.29. The molecule has 4 nitrogen and oxygen atoms in total. The van der Waals surface area contributed by atoms with Gasteiger partial charge < -0.3 is 5.73 Å². The van der Waals surface area contributed by atoms with Crippen LogP contribution in [0.15, 0.2) is 6.33 Å². The lowest BCUT2D eigenvalue weighted by Crippen LogP contribution is -2.12. The summed E-state index contributed by atoms with van der Waals surface area (Å²) in [5.74, 6) is 0.721. The Labute approximate surface area is 85.5 Å². The van der Waals surface area contributed by atoms with Gasteiger partial charge in [-0.1, -0.05) is 20.8 Å². The largest absolute Gasteiger partial charge is 0.321 e. The fraction of sp³-hybridized carbons (Fsp3) is 0.800. The van der Waals surface area contributed by atoms with Crippen LogP contribution in [0, 0.1) is 5.41 Å². The number of hydrogen-bond donors (Lipinski definition) is 1. The van der Waals surface area contributed by atoms with Crippen molar-refractivity contribution in [2.24, 2.45) is 11.1 Å². The predicted octanol–water partition coefficient (Wildman–Crippen LogP) is 1.73. The van der Waals surface area contributed by atoms with Gasteiger partial charge in [0.25, 0.3) is 0 Å². The van der Waals surface area contributed by atoms with Crippen LogP contribution in [0.25, 0.3) is 0 Å². The molecule has 4 heteroatoms. The van der Waals surface area contributed by atoms with Crippen LogP contribution >= 0.6 is 0 Å². The molecule has 1 atom stereocenters. The van der Waals surface area contributed by atoms with Gasteiger partial charge >= 0.3 is 0 Å². The third-order valence-electron chi connectivity index (χ3n) is 2.05. The number of rotatable bonds is 3. The Morgan fingerprint density at radius 1 is 1.50 bits per heavy atom. The highest BCUT2D eigenvalue weighted by atomic mass is 15.3. The standard InChI is InChI=1S/C10H20N4/c1-8(11)9-12-7-14(13-9)6-5-10(2,3)4/h7-8H,5-6,11H2,1-4H3. The number of hydrogen-bond acceptors (Lipinski definition) is 3. The molecule has 0 aliphatic carbocycles. The summed E-state index contributed by atoms with van der Waals surface area (Å²) in [6.07, 6.45) is 2.85. The Hall–Kier alpha value is -0.900. The van der Waals surface area contributed by atoms with Gasteiger partial charge in [-0.05, 0) is 18.8 Å². The van der Waals surface area contributed by atoms with Crippen molar-refractivity contribution in [3.63, 3.8) is 0 Å². The van der Waals surface area contributed by atoms with Gasteiger partial charge in [0, 0.05) is 6.54 Å². The molecule has 14 heavy (non-hydrogen) atoms. The summed E-state index contributed by atoms with van der Waals surface area (Å²) in [5.41, 5.74) is 6.00. The van der Waals surface area contributed by atoms with E-state index in [4.69, 9.17) is 5.73 Å². The summed E-state index contributed by atoms with van der Waals surface area (Å²) >= 11 is 0. The second-order valence-electron chi connectivity index (χ2n) is 4.97. The SMILES string of the molecule is CC(N)c1ncn(CCC(C)(C)C)n1. The summed E-state index contributed by atoms with van der Waals surface area (Å²) in [6, 6.07) is -0.0779. The molecule has 0 aromatic carbocycles. The maximum absolute atomic E-state index is 5.67. The molecule has 0 bridgehead atoms. The first-order chi connectivity index (χ1) is 6.38. The molecule has 1 aromatic heterocycles. The zero-order valence-corrected chi connectivity index (χ0v) is 9.49. The molecule has 0 aliphatic heterocycles. The van der Waals surface area contributed by atoms with Crippen LogP contribution < -0.4 is 5.73 Å². The lowest BCUT2D eigenvalue weighted by atomic mass is 9.92. The molecule has 0 radical (unpaired) electrons. The van der Waals surface area contributed by atoms with Crippen molar-refractivity contribution in [2.45, 2.75) is 46.7 Å². The van der Waals surface area contributed by atoms with Crippen molar-refractivity contribution >= 4 is 0 Å². The zero-order valence-electron chi connectivity index (χ0n) is 9.49. The molecule has 80 valence electrons. The molecule has 0 saturated carbocycles. The van der Waals surface area contributed by atoms with Crippen molar-refractivity contribution in [1.29, 1.82) is 0 Å². The fourth-order valence-corrected chi connectivity index (χ4v) is 1.08. The van der Waals surface area contributed by atoms with Crippen LogP contribution in [-0.2, 0) is 6.54 Å². The fourth-order valence-electron chi connectivity index (χ4n) is 1.08. The summed E-state index contributed by atoms with van der Waals surface area (Å²) in [7, 11) is 0. The highest BCUT2D eigenvalue weighted by Gasteiger charge is 2.11. The first-order valence-electron chi connectivity index (χ1n) is 5.03. The average molecular weight is 196 g/mol. The van der Waals surface area contributed by atoms with Gasteiger partial charge in [0.05, 0.1) is 6.04 Å².